The van der Waals surface area contributed by atoms with Crippen LogP contribution in [0.15, 0.2) is 48.5 Å². The molecule has 0 bridgehead atoms. The predicted octanol–water partition coefficient (Wildman–Crippen LogP) is 2.74. The lowest BCUT2D eigenvalue weighted by Crippen LogP contribution is -2.09. The van der Waals surface area contributed by atoms with Crippen LogP contribution in [0.4, 0.5) is 0 Å². The summed E-state index contributed by atoms with van der Waals surface area (Å²) < 4.78 is 11.2. The first kappa shape index (κ1) is 14.9. The molecule has 0 atom stereocenters. The minimum absolute atomic E-state index is 0.462. The first-order valence-corrected chi connectivity index (χ1v) is 6.81. The SMILES string of the molecule is CNCc1ccc(OCCOc2ccc(C#N)cc2)cc1. The fraction of sp³-hybridized carbons (Fsp3) is 0.235. The van der Waals surface area contributed by atoms with Crippen molar-refractivity contribution in [1.29, 1.82) is 5.26 Å². The minimum Gasteiger partial charge on any atom is -0.490 e. The lowest BCUT2D eigenvalue weighted by Gasteiger charge is -2.09. The van der Waals surface area contributed by atoms with Gasteiger partial charge in [0.2, 0.25) is 0 Å². The summed E-state index contributed by atoms with van der Waals surface area (Å²) in [6.07, 6.45) is 0. The van der Waals surface area contributed by atoms with Gasteiger partial charge in [0.15, 0.2) is 0 Å². The van der Waals surface area contributed by atoms with E-state index in [-0.39, 0.29) is 0 Å². The Kier molecular flexibility index (Phi) is 5.62. The largest absolute Gasteiger partial charge is 0.490 e. The van der Waals surface area contributed by atoms with Gasteiger partial charge >= 0.3 is 0 Å². The molecule has 0 saturated carbocycles. The van der Waals surface area contributed by atoms with Crippen molar-refractivity contribution in [1.82, 2.24) is 5.32 Å². The summed E-state index contributed by atoms with van der Waals surface area (Å²) in [6.45, 7) is 1.79. The van der Waals surface area contributed by atoms with Gasteiger partial charge in [0.25, 0.3) is 0 Å². The average molecular weight is 282 g/mol. The molecule has 0 saturated heterocycles. The van der Waals surface area contributed by atoms with Crippen molar-refractivity contribution in [3.05, 3.63) is 59.7 Å². The predicted molar refractivity (Wildman–Crippen MR) is 81.4 cm³/mol. The lowest BCUT2D eigenvalue weighted by molar-refractivity contribution is 0.217. The van der Waals surface area contributed by atoms with Crippen molar-refractivity contribution in [3.8, 4) is 17.6 Å². The molecule has 0 aliphatic rings. The summed E-state index contributed by atoms with van der Waals surface area (Å²) in [5.74, 6) is 1.57. The van der Waals surface area contributed by atoms with Gasteiger partial charge in [0.1, 0.15) is 24.7 Å². The Bertz CT molecular complexity index is 586. The molecular weight excluding hydrogens is 264 g/mol. The fourth-order valence-electron chi connectivity index (χ4n) is 1.85. The Hall–Kier alpha value is -2.51. The first-order chi connectivity index (χ1) is 10.3. The third-order valence-corrected chi connectivity index (χ3v) is 2.91. The number of hydrogen-bond donors (Lipinski definition) is 1. The molecular formula is C17H18N2O2. The van der Waals surface area contributed by atoms with E-state index in [4.69, 9.17) is 14.7 Å². The molecule has 0 aromatic heterocycles. The maximum absolute atomic E-state index is 8.71. The number of benzene rings is 2. The zero-order valence-corrected chi connectivity index (χ0v) is 12.0. The molecule has 4 nitrogen and oxygen atoms in total. The lowest BCUT2D eigenvalue weighted by atomic mass is 10.2. The molecule has 0 spiro atoms. The molecule has 0 unspecified atom stereocenters. The molecule has 1 N–H and O–H groups in total. The van der Waals surface area contributed by atoms with Crippen LogP contribution in [0.25, 0.3) is 0 Å². The third-order valence-electron chi connectivity index (χ3n) is 2.91. The summed E-state index contributed by atoms with van der Waals surface area (Å²) in [5.41, 5.74) is 1.85. The molecule has 0 amide bonds. The van der Waals surface area contributed by atoms with Gasteiger partial charge in [-0.05, 0) is 49.0 Å². The Labute approximate surface area is 124 Å². The van der Waals surface area contributed by atoms with Gasteiger partial charge in [0.05, 0.1) is 11.6 Å². The van der Waals surface area contributed by atoms with Crippen molar-refractivity contribution in [2.24, 2.45) is 0 Å². The van der Waals surface area contributed by atoms with Crippen LogP contribution in [0.5, 0.6) is 11.5 Å². The number of rotatable bonds is 7. The molecule has 2 aromatic carbocycles. The van der Waals surface area contributed by atoms with E-state index in [0.717, 1.165) is 18.0 Å². The molecule has 0 fully saturated rings. The van der Waals surface area contributed by atoms with Crippen LogP contribution in [0.1, 0.15) is 11.1 Å². The van der Waals surface area contributed by atoms with E-state index in [1.807, 2.05) is 31.3 Å². The van der Waals surface area contributed by atoms with E-state index in [2.05, 4.69) is 11.4 Å². The van der Waals surface area contributed by atoms with Gasteiger partial charge in [-0.15, -0.1) is 0 Å². The summed E-state index contributed by atoms with van der Waals surface area (Å²) >= 11 is 0. The van der Waals surface area contributed by atoms with E-state index in [1.165, 1.54) is 5.56 Å². The van der Waals surface area contributed by atoms with Gasteiger partial charge in [0, 0.05) is 6.54 Å². The van der Waals surface area contributed by atoms with Crippen LogP contribution in [0, 0.1) is 11.3 Å². The Morgan fingerprint density at radius 2 is 1.43 bits per heavy atom. The summed E-state index contributed by atoms with van der Waals surface area (Å²) in [6, 6.07) is 17.1. The number of nitrogens with zero attached hydrogens (tertiary/aromatic N) is 1. The second-order valence-electron chi connectivity index (χ2n) is 4.51. The highest BCUT2D eigenvalue weighted by atomic mass is 16.5. The van der Waals surface area contributed by atoms with E-state index in [1.54, 1.807) is 24.3 Å². The second kappa shape index (κ2) is 7.93. The zero-order valence-electron chi connectivity index (χ0n) is 12.0. The van der Waals surface area contributed by atoms with Crippen LogP contribution >= 0.6 is 0 Å². The van der Waals surface area contributed by atoms with Crippen molar-refractivity contribution < 1.29 is 9.47 Å². The highest BCUT2D eigenvalue weighted by Gasteiger charge is 1.97. The topological polar surface area (TPSA) is 54.3 Å². The average Bonchev–Trinajstić information content (AvgIpc) is 2.54. The van der Waals surface area contributed by atoms with Crippen LogP contribution in [0.2, 0.25) is 0 Å². The maximum Gasteiger partial charge on any atom is 0.122 e. The second-order valence-corrected chi connectivity index (χ2v) is 4.51. The van der Waals surface area contributed by atoms with Gasteiger partial charge < -0.3 is 14.8 Å². The smallest absolute Gasteiger partial charge is 0.122 e. The van der Waals surface area contributed by atoms with Gasteiger partial charge in [-0.2, -0.15) is 5.26 Å². The Balaban J connectivity index is 1.72. The van der Waals surface area contributed by atoms with E-state index in [0.29, 0.717) is 18.8 Å². The molecule has 0 radical (unpaired) electrons. The molecule has 0 aliphatic heterocycles. The summed E-state index contributed by atoms with van der Waals surface area (Å²) in [4.78, 5) is 0. The molecule has 21 heavy (non-hydrogen) atoms. The number of nitrogens with one attached hydrogen (secondary N) is 1. The molecule has 0 aliphatic carbocycles. The van der Waals surface area contributed by atoms with Crippen molar-refractivity contribution in [2.45, 2.75) is 6.54 Å². The van der Waals surface area contributed by atoms with Crippen LogP contribution in [-0.4, -0.2) is 20.3 Å². The van der Waals surface area contributed by atoms with E-state index < -0.39 is 0 Å². The van der Waals surface area contributed by atoms with Gasteiger partial charge in [-0.25, -0.2) is 0 Å². The Morgan fingerprint density at radius 3 is 1.90 bits per heavy atom. The minimum atomic E-state index is 0.462. The standard InChI is InChI=1S/C17H18N2O2/c1-19-13-15-4-8-17(9-5-15)21-11-10-20-16-6-2-14(12-18)3-7-16/h2-9,19H,10-11,13H2,1H3. The number of ether oxygens (including phenoxy) is 2. The molecule has 108 valence electrons. The van der Waals surface area contributed by atoms with Crippen molar-refractivity contribution in [3.63, 3.8) is 0 Å². The van der Waals surface area contributed by atoms with Gasteiger partial charge in [-0.1, -0.05) is 12.1 Å². The molecule has 2 rings (SSSR count). The molecule has 0 heterocycles. The highest BCUT2D eigenvalue weighted by molar-refractivity contribution is 5.34. The third kappa shape index (κ3) is 4.83. The fourth-order valence-corrected chi connectivity index (χ4v) is 1.85. The normalized spacial score (nSPS) is 9.90. The van der Waals surface area contributed by atoms with Crippen LogP contribution in [-0.2, 0) is 6.54 Å². The van der Waals surface area contributed by atoms with E-state index in [9.17, 15) is 0 Å². The monoisotopic (exact) mass is 282 g/mol. The highest BCUT2D eigenvalue weighted by Crippen LogP contribution is 2.13. The molecule has 2 aromatic rings. The quantitative estimate of drug-likeness (QED) is 0.793. The van der Waals surface area contributed by atoms with Gasteiger partial charge in [-0.3, -0.25) is 0 Å². The number of nitriles is 1. The maximum atomic E-state index is 8.71. The van der Waals surface area contributed by atoms with Crippen LogP contribution in [0.3, 0.4) is 0 Å². The number of hydrogen-bond acceptors (Lipinski definition) is 4. The molecule has 4 heteroatoms. The van der Waals surface area contributed by atoms with Crippen molar-refractivity contribution in [2.75, 3.05) is 20.3 Å². The zero-order chi connectivity index (χ0) is 14.9. The van der Waals surface area contributed by atoms with Crippen molar-refractivity contribution >= 4 is 0 Å². The Morgan fingerprint density at radius 1 is 0.905 bits per heavy atom. The van der Waals surface area contributed by atoms with Crippen LogP contribution < -0.4 is 14.8 Å². The summed E-state index contributed by atoms with van der Waals surface area (Å²) in [7, 11) is 1.92. The summed E-state index contributed by atoms with van der Waals surface area (Å²) in [5, 5.41) is 11.8. The van der Waals surface area contributed by atoms with E-state index >= 15 is 0 Å². The first-order valence-electron chi connectivity index (χ1n) is 6.81.